The monoisotopic (exact) mass is 197 g/mol. The molecule has 1 rings (SSSR count). The van der Waals surface area contributed by atoms with Crippen LogP contribution in [-0.2, 0) is 0 Å². The van der Waals surface area contributed by atoms with Gasteiger partial charge in [0, 0.05) is 6.04 Å². The smallest absolute Gasteiger partial charge is 0.119 e. The molecule has 0 N–H and O–H groups in total. The molecular weight excluding hydrogens is 174 g/mol. The maximum atomic E-state index is 2.64. The molecule has 1 fully saturated rings. The second-order valence-electron chi connectivity index (χ2n) is 4.51. The van der Waals surface area contributed by atoms with Crippen LogP contribution in [-0.4, -0.2) is 27.3 Å². The Balaban J connectivity index is 2.28. The molecule has 0 radical (unpaired) electrons. The van der Waals surface area contributed by atoms with Crippen LogP contribution in [0, 0.1) is 0 Å². The van der Waals surface area contributed by atoms with Gasteiger partial charge in [-0.3, -0.25) is 0 Å². The third kappa shape index (κ3) is 4.10. The second-order valence-corrected chi connectivity index (χ2v) is 6.28. The first kappa shape index (κ1) is 11.0. The van der Waals surface area contributed by atoms with Gasteiger partial charge in [-0.05, 0) is 33.7 Å². The lowest BCUT2D eigenvalue weighted by atomic mass is 9.96. The molecule has 1 nitrogen and oxygen atoms in total. The number of allylic oxidation sites excluding steroid dienone is 1. The van der Waals surface area contributed by atoms with Crippen LogP contribution >= 0.6 is 0 Å². The minimum Gasteiger partial charge on any atom is -0.325 e. The largest absolute Gasteiger partial charge is 0.325 e. The van der Waals surface area contributed by atoms with Crippen LogP contribution in [0.2, 0.25) is 0 Å². The molecule has 0 bridgehead atoms. The number of rotatable bonds is 3. The molecule has 1 aliphatic rings. The lowest BCUT2D eigenvalue weighted by Gasteiger charge is -2.30. The average molecular weight is 197 g/mol. The van der Waals surface area contributed by atoms with Gasteiger partial charge < -0.3 is 4.57 Å². The van der Waals surface area contributed by atoms with Crippen molar-refractivity contribution in [2.24, 2.45) is 0 Å². The molecule has 0 amide bonds. The lowest BCUT2D eigenvalue weighted by Crippen LogP contribution is -2.35. The van der Waals surface area contributed by atoms with Crippen molar-refractivity contribution >= 4 is 9.68 Å². The third-order valence-electron chi connectivity index (χ3n) is 2.99. The Morgan fingerprint density at radius 1 is 1.23 bits per heavy atom. The van der Waals surface area contributed by atoms with Gasteiger partial charge in [0.2, 0.25) is 0 Å². The van der Waals surface area contributed by atoms with E-state index in [2.05, 4.69) is 31.2 Å². The topological polar surface area (TPSA) is 3.24 Å². The summed E-state index contributed by atoms with van der Waals surface area (Å²) in [6.45, 7) is 4.42. The van der Waals surface area contributed by atoms with Crippen LogP contribution in [0.3, 0.4) is 0 Å². The van der Waals surface area contributed by atoms with Crippen LogP contribution in [0.4, 0.5) is 0 Å². The van der Waals surface area contributed by atoms with E-state index in [9.17, 15) is 0 Å². The molecule has 0 unspecified atom stereocenters. The first-order valence-corrected chi connectivity index (χ1v) is 6.98. The molecule has 1 saturated carbocycles. The summed E-state index contributed by atoms with van der Waals surface area (Å²) in [4.78, 5) is 0. The Kier molecular flexibility index (Phi) is 4.74. The summed E-state index contributed by atoms with van der Waals surface area (Å²) in [5.74, 6) is 0. The van der Waals surface area contributed by atoms with Crippen molar-refractivity contribution in [3.05, 3.63) is 11.3 Å². The fraction of sp³-hybridized carbons (Fsp3) is 0.818. The van der Waals surface area contributed by atoms with E-state index in [0.717, 1.165) is 6.04 Å². The van der Waals surface area contributed by atoms with E-state index < -0.39 is 0 Å². The molecule has 13 heavy (non-hydrogen) atoms. The second kappa shape index (κ2) is 5.61. The molecule has 2 heteroatoms. The first-order valence-electron chi connectivity index (χ1n) is 5.54. The molecule has 0 saturated heterocycles. The van der Waals surface area contributed by atoms with E-state index in [1.165, 1.54) is 37.7 Å². The minimum absolute atomic E-state index is 0.0853. The van der Waals surface area contributed by atoms with Gasteiger partial charge in [0.25, 0.3) is 0 Å². The van der Waals surface area contributed by atoms with Crippen LogP contribution in [0.25, 0.3) is 0 Å². The fourth-order valence-corrected chi connectivity index (χ4v) is 3.31. The highest BCUT2D eigenvalue weighted by Gasteiger charge is 2.16. The van der Waals surface area contributed by atoms with Crippen molar-refractivity contribution in [2.45, 2.75) is 52.0 Å². The minimum atomic E-state index is -0.0853. The highest BCUT2D eigenvalue weighted by atomic mass is 28.2. The Morgan fingerprint density at radius 3 is 2.38 bits per heavy atom. The van der Waals surface area contributed by atoms with Crippen LogP contribution < -0.4 is 0 Å². The van der Waals surface area contributed by atoms with Gasteiger partial charge in [-0.2, -0.15) is 0 Å². The number of nitrogens with zero attached hydrogens (tertiary/aromatic N) is 1. The molecule has 0 heterocycles. The van der Waals surface area contributed by atoms with Crippen LogP contribution in [0.5, 0.6) is 0 Å². The summed E-state index contributed by atoms with van der Waals surface area (Å²) in [6.07, 6.45) is 7.27. The summed E-state index contributed by atoms with van der Waals surface area (Å²) in [5, 5.41) is 0. The van der Waals surface area contributed by atoms with Crippen LogP contribution in [0.1, 0.15) is 46.0 Å². The highest BCUT2D eigenvalue weighted by Crippen LogP contribution is 2.20. The van der Waals surface area contributed by atoms with Gasteiger partial charge in [0.1, 0.15) is 9.68 Å². The maximum Gasteiger partial charge on any atom is 0.119 e. The molecule has 0 atom stereocenters. The zero-order chi connectivity index (χ0) is 9.68. The van der Waals surface area contributed by atoms with Gasteiger partial charge in [-0.25, -0.2) is 0 Å². The zero-order valence-corrected chi connectivity index (χ0v) is 10.8. The van der Waals surface area contributed by atoms with Crippen molar-refractivity contribution in [1.82, 2.24) is 4.57 Å². The predicted molar refractivity (Wildman–Crippen MR) is 62.6 cm³/mol. The fourth-order valence-electron chi connectivity index (χ4n) is 2.00. The van der Waals surface area contributed by atoms with Crippen molar-refractivity contribution in [3.8, 4) is 0 Å². The standard InChI is InChI=1S/C11H23NSi/c1-10(2)9-13-12(3)11-7-5-4-6-8-11/h9,11H,4-8,13H2,1-3H3. The Hall–Kier alpha value is -0.0831. The van der Waals surface area contributed by atoms with Gasteiger partial charge in [0.15, 0.2) is 0 Å². The van der Waals surface area contributed by atoms with Gasteiger partial charge in [0.05, 0.1) is 0 Å². The van der Waals surface area contributed by atoms with Crippen molar-refractivity contribution in [2.75, 3.05) is 7.05 Å². The van der Waals surface area contributed by atoms with Gasteiger partial charge in [-0.15, -0.1) is 0 Å². The Morgan fingerprint density at radius 2 is 1.85 bits per heavy atom. The van der Waals surface area contributed by atoms with E-state index in [1.807, 2.05) is 0 Å². The highest BCUT2D eigenvalue weighted by molar-refractivity contribution is 6.38. The summed E-state index contributed by atoms with van der Waals surface area (Å²) in [6, 6.07) is 0.913. The molecule has 76 valence electrons. The van der Waals surface area contributed by atoms with Crippen molar-refractivity contribution < 1.29 is 0 Å². The van der Waals surface area contributed by atoms with E-state index in [0.29, 0.717) is 0 Å². The van der Waals surface area contributed by atoms with E-state index in [1.54, 1.807) is 0 Å². The number of hydrogen-bond acceptors (Lipinski definition) is 1. The normalized spacial score (nSPS) is 20.0. The number of hydrogen-bond donors (Lipinski definition) is 0. The molecule has 0 spiro atoms. The maximum absolute atomic E-state index is 2.64. The summed E-state index contributed by atoms with van der Waals surface area (Å²) >= 11 is 0. The van der Waals surface area contributed by atoms with Gasteiger partial charge in [-0.1, -0.05) is 30.5 Å². The van der Waals surface area contributed by atoms with E-state index in [-0.39, 0.29) is 9.68 Å². The predicted octanol–water partition coefficient (Wildman–Crippen LogP) is 2.26. The molecule has 1 aliphatic carbocycles. The molecule has 0 aromatic rings. The Labute approximate surface area is 85.1 Å². The van der Waals surface area contributed by atoms with E-state index in [4.69, 9.17) is 0 Å². The summed E-state index contributed by atoms with van der Waals surface area (Å²) in [5.41, 5.74) is 3.96. The van der Waals surface area contributed by atoms with Gasteiger partial charge >= 0.3 is 0 Å². The molecule has 0 aromatic carbocycles. The van der Waals surface area contributed by atoms with Crippen molar-refractivity contribution in [3.63, 3.8) is 0 Å². The molecule has 0 aromatic heterocycles. The third-order valence-corrected chi connectivity index (χ3v) is 5.08. The lowest BCUT2D eigenvalue weighted by molar-refractivity contribution is 0.293. The molecule has 0 aliphatic heterocycles. The average Bonchev–Trinajstić information content (AvgIpc) is 2.15. The van der Waals surface area contributed by atoms with E-state index >= 15 is 0 Å². The summed E-state index contributed by atoms with van der Waals surface area (Å²) in [7, 11) is 2.24. The SMILES string of the molecule is CC(C)=C[SiH2]N(C)C1CCCCC1. The zero-order valence-electron chi connectivity index (χ0n) is 9.34. The van der Waals surface area contributed by atoms with Crippen LogP contribution in [0.15, 0.2) is 11.3 Å². The quantitative estimate of drug-likeness (QED) is 0.627. The van der Waals surface area contributed by atoms with Crippen molar-refractivity contribution in [1.29, 1.82) is 0 Å². The molecular formula is C11H23NSi. The Bertz CT molecular complexity index is 167. The first-order chi connectivity index (χ1) is 6.20. The summed E-state index contributed by atoms with van der Waals surface area (Å²) < 4.78 is 2.64.